The molecule has 0 aliphatic carbocycles. The van der Waals surface area contributed by atoms with Gasteiger partial charge in [-0.1, -0.05) is 32.1 Å². The van der Waals surface area contributed by atoms with Gasteiger partial charge in [0, 0.05) is 41.4 Å². The number of amides is 1. The number of nitrogens with one attached hydrogen (secondary N) is 1. The zero-order valence-electron chi connectivity index (χ0n) is 20.1. The number of allylic oxidation sites excluding steroid dienone is 2. The van der Waals surface area contributed by atoms with Crippen molar-refractivity contribution in [3.8, 4) is 5.75 Å². The zero-order valence-corrected chi connectivity index (χ0v) is 21.3. The summed E-state index contributed by atoms with van der Waals surface area (Å²) >= 11 is 0. The van der Waals surface area contributed by atoms with Crippen molar-refractivity contribution in [1.29, 1.82) is 0 Å². The molecule has 32 heavy (non-hydrogen) atoms. The molecule has 0 aromatic heterocycles. The Bertz CT molecular complexity index is 710. The highest BCUT2D eigenvalue weighted by molar-refractivity contribution is 7.09. The Labute approximate surface area is 196 Å². The molecule has 1 aliphatic rings. The molecule has 3 unspecified atom stereocenters. The lowest BCUT2D eigenvalue weighted by Gasteiger charge is -2.37. The summed E-state index contributed by atoms with van der Waals surface area (Å²) in [5.74, 6) is 0.946. The number of ether oxygens (including phenoxy) is 2. The summed E-state index contributed by atoms with van der Waals surface area (Å²) < 4.78 is 16.8. The molecule has 4 atom stereocenters. The first-order valence-electron chi connectivity index (χ1n) is 11.9. The van der Waals surface area contributed by atoms with E-state index in [0.29, 0.717) is 25.6 Å². The molecule has 0 spiro atoms. The Morgan fingerprint density at radius 3 is 2.69 bits per heavy atom. The van der Waals surface area contributed by atoms with E-state index in [9.17, 15) is 4.79 Å². The van der Waals surface area contributed by atoms with Crippen LogP contribution in [0.25, 0.3) is 5.57 Å². The van der Waals surface area contributed by atoms with Crippen molar-refractivity contribution in [3.05, 3.63) is 35.9 Å². The molecule has 1 aliphatic heterocycles. The topological polar surface area (TPSA) is 60.0 Å². The minimum Gasteiger partial charge on any atom is -0.494 e. The molecule has 1 saturated heterocycles. The fraction of sp³-hybridized carbons (Fsp3) is 0.640. The van der Waals surface area contributed by atoms with Crippen LogP contribution in [0.1, 0.15) is 64.9 Å². The number of hydrogen-bond donors (Lipinski definition) is 1. The van der Waals surface area contributed by atoms with E-state index in [1.807, 2.05) is 12.1 Å². The molecule has 1 amide bonds. The second-order valence-electron chi connectivity index (χ2n) is 8.44. The van der Waals surface area contributed by atoms with Crippen molar-refractivity contribution in [1.82, 2.24) is 10.2 Å². The molecular weight excluding hydrogens is 423 g/mol. The van der Waals surface area contributed by atoms with Gasteiger partial charge in [0.2, 0.25) is 5.91 Å². The van der Waals surface area contributed by atoms with Gasteiger partial charge < -0.3 is 24.2 Å². The quantitative estimate of drug-likeness (QED) is 0.336. The number of benzene rings is 1. The SMILES string of the molecule is CC/C=C(\CC)c1ccc(OCCCNC(=O)CCN(C)C2CC(OP)O[C@H](C)C2)cc1. The van der Waals surface area contributed by atoms with Crippen LogP contribution in [0.5, 0.6) is 5.75 Å². The van der Waals surface area contributed by atoms with E-state index in [1.54, 1.807) is 0 Å². The number of carbonyl (C=O) groups excluding carboxylic acids is 1. The van der Waals surface area contributed by atoms with Gasteiger partial charge in [-0.15, -0.1) is 0 Å². The van der Waals surface area contributed by atoms with Crippen LogP contribution < -0.4 is 10.1 Å². The van der Waals surface area contributed by atoms with E-state index in [4.69, 9.17) is 14.0 Å². The molecule has 1 aromatic rings. The Kier molecular flexibility index (Phi) is 12.3. The van der Waals surface area contributed by atoms with Crippen molar-refractivity contribution in [2.24, 2.45) is 0 Å². The maximum absolute atomic E-state index is 12.2. The van der Waals surface area contributed by atoms with Crippen LogP contribution in [0.15, 0.2) is 30.3 Å². The van der Waals surface area contributed by atoms with Gasteiger partial charge >= 0.3 is 0 Å². The number of rotatable bonds is 13. The Balaban J connectivity index is 1.61. The minimum atomic E-state index is -0.192. The summed E-state index contributed by atoms with van der Waals surface area (Å²) in [4.78, 5) is 14.4. The van der Waals surface area contributed by atoms with Gasteiger partial charge in [-0.25, -0.2) is 0 Å². The molecule has 1 fully saturated rings. The number of carbonyl (C=O) groups is 1. The summed E-state index contributed by atoms with van der Waals surface area (Å²) in [6.45, 7) is 8.33. The highest BCUT2D eigenvalue weighted by atomic mass is 31.0. The lowest BCUT2D eigenvalue weighted by Crippen LogP contribution is -2.44. The highest BCUT2D eigenvalue weighted by Gasteiger charge is 2.29. The largest absolute Gasteiger partial charge is 0.494 e. The summed E-state index contributed by atoms with van der Waals surface area (Å²) in [6.07, 6.45) is 7.36. The molecule has 1 heterocycles. The second-order valence-corrected chi connectivity index (χ2v) is 8.71. The van der Waals surface area contributed by atoms with Crippen LogP contribution in [-0.2, 0) is 14.1 Å². The van der Waals surface area contributed by atoms with Gasteiger partial charge in [0.1, 0.15) is 5.75 Å². The smallest absolute Gasteiger partial charge is 0.221 e. The predicted octanol–water partition coefficient (Wildman–Crippen LogP) is 4.80. The fourth-order valence-electron chi connectivity index (χ4n) is 4.04. The van der Waals surface area contributed by atoms with E-state index >= 15 is 0 Å². The molecule has 6 nitrogen and oxygen atoms in total. The summed E-state index contributed by atoms with van der Waals surface area (Å²) in [5, 5.41) is 3.00. The second kappa shape index (κ2) is 14.6. The molecular formula is C25H41N2O4P. The van der Waals surface area contributed by atoms with Crippen LogP contribution >= 0.6 is 9.47 Å². The summed E-state index contributed by atoms with van der Waals surface area (Å²) in [5.41, 5.74) is 2.63. The van der Waals surface area contributed by atoms with Crippen LogP contribution in [0.3, 0.4) is 0 Å². The third kappa shape index (κ3) is 9.19. The van der Waals surface area contributed by atoms with Gasteiger partial charge in [-0.3, -0.25) is 4.79 Å². The Hall–Kier alpha value is -1.46. The van der Waals surface area contributed by atoms with Crippen molar-refractivity contribution in [3.63, 3.8) is 0 Å². The predicted molar refractivity (Wildman–Crippen MR) is 134 cm³/mol. The van der Waals surface area contributed by atoms with E-state index < -0.39 is 0 Å². The monoisotopic (exact) mass is 464 g/mol. The lowest BCUT2D eigenvalue weighted by atomic mass is 10.0. The van der Waals surface area contributed by atoms with Crippen molar-refractivity contribution in [2.45, 2.75) is 77.7 Å². The van der Waals surface area contributed by atoms with Crippen LogP contribution in [0, 0.1) is 0 Å². The van der Waals surface area contributed by atoms with E-state index in [0.717, 1.165) is 44.4 Å². The number of hydrogen-bond acceptors (Lipinski definition) is 5. The van der Waals surface area contributed by atoms with Crippen LogP contribution in [0.4, 0.5) is 0 Å². The molecule has 0 radical (unpaired) electrons. The zero-order chi connectivity index (χ0) is 23.3. The number of nitrogens with zero attached hydrogens (tertiary/aromatic N) is 1. The van der Waals surface area contributed by atoms with Gasteiger partial charge in [0.25, 0.3) is 0 Å². The fourth-order valence-corrected chi connectivity index (χ4v) is 4.21. The van der Waals surface area contributed by atoms with Crippen LogP contribution in [-0.4, -0.2) is 56.0 Å². The summed E-state index contributed by atoms with van der Waals surface area (Å²) in [7, 11) is 4.35. The average molecular weight is 465 g/mol. The van der Waals surface area contributed by atoms with E-state index in [-0.39, 0.29) is 18.3 Å². The first-order valence-corrected chi connectivity index (χ1v) is 12.3. The Morgan fingerprint density at radius 1 is 1.28 bits per heavy atom. The molecule has 180 valence electrons. The normalized spacial score (nSPS) is 21.6. The molecule has 1 aromatic carbocycles. The minimum absolute atomic E-state index is 0.0787. The van der Waals surface area contributed by atoms with Crippen LogP contribution in [0.2, 0.25) is 0 Å². The molecule has 1 N–H and O–H groups in total. The first-order chi connectivity index (χ1) is 15.5. The maximum atomic E-state index is 12.2. The third-order valence-corrected chi connectivity index (χ3v) is 6.19. The Morgan fingerprint density at radius 2 is 2.03 bits per heavy atom. The maximum Gasteiger partial charge on any atom is 0.221 e. The standard InChI is InChI=1S/C25H41N2O4P/c1-5-8-20(6-2)21-9-11-23(12-10-21)29-16-7-14-26-24(28)13-15-27(4)22-17-19(3)30-25(18-22)31-32/h8-12,19,22,25H,5-7,13-18,32H2,1-4H3,(H,26,28)/b20-8+/t19-,22?,25?/m1/s1. The lowest BCUT2D eigenvalue weighted by molar-refractivity contribution is -0.153. The molecule has 2 rings (SSSR count). The van der Waals surface area contributed by atoms with Gasteiger partial charge in [0.15, 0.2) is 6.29 Å². The molecule has 0 saturated carbocycles. The molecule has 7 heteroatoms. The van der Waals surface area contributed by atoms with Gasteiger partial charge in [-0.2, -0.15) is 0 Å². The van der Waals surface area contributed by atoms with Gasteiger partial charge in [0.05, 0.1) is 12.7 Å². The average Bonchev–Trinajstić information content (AvgIpc) is 2.80. The van der Waals surface area contributed by atoms with E-state index in [2.05, 4.69) is 65.7 Å². The van der Waals surface area contributed by atoms with Gasteiger partial charge in [-0.05, 0) is 62.9 Å². The van der Waals surface area contributed by atoms with E-state index in [1.165, 1.54) is 11.1 Å². The molecule has 0 bridgehead atoms. The third-order valence-electron chi connectivity index (χ3n) is 5.89. The highest BCUT2D eigenvalue weighted by Crippen LogP contribution is 2.25. The van der Waals surface area contributed by atoms with Crippen molar-refractivity contribution >= 4 is 20.9 Å². The summed E-state index contributed by atoms with van der Waals surface area (Å²) in [6, 6.07) is 8.64. The van der Waals surface area contributed by atoms with Crippen molar-refractivity contribution < 1.29 is 18.8 Å². The first kappa shape index (κ1) is 26.8. The van der Waals surface area contributed by atoms with Crippen molar-refractivity contribution in [2.75, 3.05) is 26.7 Å².